The van der Waals surface area contributed by atoms with Crippen molar-refractivity contribution in [3.63, 3.8) is 0 Å². The summed E-state index contributed by atoms with van der Waals surface area (Å²) in [6.45, 7) is 21.2. The number of benzene rings is 2. The number of esters is 1. The Hall–Kier alpha value is -5.52. The van der Waals surface area contributed by atoms with E-state index in [2.05, 4.69) is 94.9 Å². The van der Waals surface area contributed by atoms with Gasteiger partial charge in [-0.25, -0.2) is 17.9 Å². The largest absolute Gasteiger partial charge is 0.420 e. The van der Waals surface area contributed by atoms with Gasteiger partial charge < -0.3 is 67.2 Å². The van der Waals surface area contributed by atoms with E-state index in [1.807, 2.05) is 21.8 Å². The maximum absolute atomic E-state index is 13.7. The number of nitrogens with one attached hydrogen (secondary N) is 1. The fourth-order valence-electron chi connectivity index (χ4n) is 12.3. The lowest BCUT2D eigenvalue weighted by Gasteiger charge is -2.41. The van der Waals surface area contributed by atoms with Crippen molar-refractivity contribution in [2.24, 2.45) is 5.92 Å². The van der Waals surface area contributed by atoms with Crippen LogP contribution in [0.25, 0.3) is 0 Å². The molecule has 4 aliphatic heterocycles. The van der Waals surface area contributed by atoms with E-state index in [0.717, 1.165) is 114 Å². The van der Waals surface area contributed by atoms with Gasteiger partial charge >= 0.3 is 5.97 Å². The second-order valence-electron chi connectivity index (χ2n) is 24.2. The Morgan fingerprint density at radius 2 is 1.15 bits per heavy atom. The summed E-state index contributed by atoms with van der Waals surface area (Å²) in [7, 11) is 0. The molecule has 0 aliphatic carbocycles. The number of carbonyl (C=O) groups is 3. The Labute approximate surface area is 534 Å². The maximum Gasteiger partial charge on any atom is 0.313 e. The summed E-state index contributed by atoms with van der Waals surface area (Å²) >= 11 is 0. The van der Waals surface area contributed by atoms with Crippen LogP contribution in [0.5, 0.6) is 5.75 Å². The molecular formula is C65H98F3N11O12. The van der Waals surface area contributed by atoms with Crippen LogP contribution in [-0.2, 0) is 65.2 Å². The normalized spacial score (nSPS) is 18.5. The molecule has 506 valence electrons. The van der Waals surface area contributed by atoms with Crippen LogP contribution in [0.4, 0.5) is 13.2 Å². The lowest BCUT2D eigenvalue weighted by molar-refractivity contribution is -0.143. The number of hydrogen-bond donors (Lipinski definition) is 1. The lowest BCUT2D eigenvalue weighted by Crippen LogP contribution is -2.56. The Morgan fingerprint density at radius 1 is 0.615 bits per heavy atom. The molecule has 2 unspecified atom stereocenters. The number of aromatic nitrogens is 6. The third kappa shape index (κ3) is 24.1. The molecule has 0 radical (unpaired) electrons. The molecule has 3 atom stereocenters. The number of unbranched alkanes of at least 4 members (excludes halogenated alkanes) is 1. The Bertz CT molecular complexity index is 2720. The van der Waals surface area contributed by atoms with Gasteiger partial charge in [0.25, 0.3) is 0 Å². The Balaban J connectivity index is 0.543. The summed E-state index contributed by atoms with van der Waals surface area (Å²) in [5.41, 5.74) is 2.13. The molecule has 2 bridgehead atoms. The van der Waals surface area contributed by atoms with Gasteiger partial charge in [0.2, 0.25) is 17.6 Å². The van der Waals surface area contributed by atoms with E-state index in [1.54, 1.807) is 0 Å². The highest BCUT2D eigenvalue weighted by atomic mass is 19.1. The first kappa shape index (κ1) is 71.3. The number of rotatable bonds is 45. The summed E-state index contributed by atoms with van der Waals surface area (Å²) in [5.74, 6) is -3.09. The molecule has 4 saturated heterocycles. The van der Waals surface area contributed by atoms with E-state index >= 15 is 0 Å². The molecule has 23 nitrogen and oxygen atoms in total. The summed E-state index contributed by atoms with van der Waals surface area (Å²) in [5, 5.41) is 21.1. The summed E-state index contributed by atoms with van der Waals surface area (Å²) < 4.78 is 93.0. The number of piperazine rings is 1. The summed E-state index contributed by atoms with van der Waals surface area (Å²) in [6, 6.07) is 12.6. The van der Waals surface area contributed by atoms with Gasteiger partial charge in [-0.05, 0) is 83.4 Å². The van der Waals surface area contributed by atoms with E-state index < -0.39 is 29.2 Å². The van der Waals surface area contributed by atoms with Crippen molar-refractivity contribution in [3.05, 3.63) is 89.0 Å². The van der Waals surface area contributed by atoms with Gasteiger partial charge in [-0.1, -0.05) is 49.4 Å². The van der Waals surface area contributed by atoms with Gasteiger partial charge in [-0.3, -0.25) is 19.3 Å². The average Bonchev–Trinajstić information content (AvgIpc) is 1.80. The first-order valence-electron chi connectivity index (χ1n) is 33.0. The predicted molar refractivity (Wildman–Crippen MR) is 331 cm³/mol. The van der Waals surface area contributed by atoms with Gasteiger partial charge in [0, 0.05) is 94.6 Å². The molecule has 2 aromatic heterocycles. The standard InChI is InChI=1S/C65H98F3N11O12/c1-49(2)64-72-70-50(3)79(64)57-44-55-14-15-56(45-57)78(55)20-16-60(51-10-5-4-6-11-51)69-65(82)52-46-76(47-52)61(80)13-9-19-75-23-21-74(22-24-75)18-8-7-12-54-48-77(73-71-54)25-27-84-29-31-86-33-35-88-37-39-90-41-40-89-38-36-87-34-32-85-30-28-83-26-17-62(81)91-63-58(67)42-53(66)43-59(63)68/h4-6,10-11,42-43,48-49,52,55-57,60H,7-9,12-41,44-47H2,1-3H3,(H,69,82)/t55?,56?,57?,60-/m0/s1. The van der Waals surface area contributed by atoms with Crippen molar-refractivity contribution >= 4 is 17.8 Å². The minimum atomic E-state index is -1.30. The lowest BCUT2D eigenvalue weighted by atomic mass is 9.94. The summed E-state index contributed by atoms with van der Waals surface area (Å²) in [6.07, 6.45) is 11.7. The first-order valence-corrected chi connectivity index (χ1v) is 33.0. The molecule has 1 N–H and O–H groups in total. The fourth-order valence-corrected chi connectivity index (χ4v) is 12.3. The van der Waals surface area contributed by atoms with E-state index in [1.165, 1.54) is 12.8 Å². The highest BCUT2D eigenvalue weighted by Crippen LogP contribution is 2.42. The van der Waals surface area contributed by atoms with E-state index in [9.17, 15) is 27.6 Å². The van der Waals surface area contributed by atoms with Crippen molar-refractivity contribution < 1.29 is 70.2 Å². The van der Waals surface area contributed by atoms with Crippen LogP contribution >= 0.6 is 0 Å². The molecule has 4 aliphatic rings. The van der Waals surface area contributed by atoms with Crippen LogP contribution in [0.2, 0.25) is 0 Å². The highest BCUT2D eigenvalue weighted by Gasteiger charge is 2.43. The van der Waals surface area contributed by atoms with Crippen LogP contribution in [0.15, 0.2) is 48.7 Å². The molecule has 2 amide bonds. The van der Waals surface area contributed by atoms with Crippen molar-refractivity contribution in [2.45, 2.75) is 128 Å². The molecule has 91 heavy (non-hydrogen) atoms. The zero-order valence-electron chi connectivity index (χ0n) is 53.8. The third-order valence-electron chi connectivity index (χ3n) is 17.2. The number of aryl methyl sites for hydroxylation is 2. The van der Waals surface area contributed by atoms with E-state index in [-0.39, 0.29) is 50.0 Å². The van der Waals surface area contributed by atoms with Crippen LogP contribution in [0, 0.1) is 30.3 Å². The molecular weight excluding hydrogens is 1180 g/mol. The molecule has 0 saturated carbocycles. The van der Waals surface area contributed by atoms with E-state index in [0.29, 0.717) is 148 Å². The van der Waals surface area contributed by atoms with Crippen LogP contribution in [-0.4, -0.2) is 244 Å². The van der Waals surface area contributed by atoms with Crippen molar-refractivity contribution in [1.29, 1.82) is 0 Å². The molecule has 4 aromatic rings. The molecule has 6 heterocycles. The van der Waals surface area contributed by atoms with Gasteiger partial charge in [0.15, 0.2) is 11.6 Å². The molecule has 4 fully saturated rings. The van der Waals surface area contributed by atoms with Crippen LogP contribution in [0.3, 0.4) is 0 Å². The van der Waals surface area contributed by atoms with Crippen LogP contribution in [0.1, 0.15) is 119 Å². The Morgan fingerprint density at radius 3 is 1.71 bits per heavy atom. The molecule has 8 rings (SSSR count). The van der Waals surface area contributed by atoms with Crippen molar-refractivity contribution in [3.8, 4) is 5.75 Å². The number of halogens is 3. The quantitative estimate of drug-likeness (QED) is 0.0298. The SMILES string of the molecule is Cc1nnc(C(C)C)n1C1CC2CCC(C1)N2CC[C@H](NC(=O)C1CN(C(=O)CCCN2CCN(CCCCc3cn(CCOCCOCCOCCOCCOCCOCCOCCOCCC(=O)Oc4c(F)cc(F)cc4F)nn3)CC2)C1)c1ccccc1. The average molecular weight is 1280 g/mol. The monoisotopic (exact) mass is 1280 g/mol. The van der Waals surface area contributed by atoms with Gasteiger partial charge in [-0.15, -0.1) is 15.3 Å². The van der Waals surface area contributed by atoms with Crippen molar-refractivity contribution in [2.75, 3.05) is 165 Å². The number of carbonyl (C=O) groups excluding carboxylic acids is 3. The molecule has 2 aromatic carbocycles. The van der Waals surface area contributed by atoms with Crippen LogP contribution < -0.4 is 10.1 Å². The summed E-state index contributed by atoms with van der Waals surface area (Å²) in [4.78, 5) is 48.3. The fraction of sp³-hybridized carbons (Fsp3) is 0.708. The zero-order valence-corrected chi connectivity index (χ0v) is 53.8. The maximum atomic E-state index is 13.7. The number of hydrogen-bond acceptors (Lipinski definition) is 19. The van der Waals surface area contributed by atoms with Gasteiger partial charge in [0.05, 0.1) is 136 Å². The number of amides is 2. The second kappa shape index (κ2) is 39.2. The Kier molecular flexibility index (Phi) is 30.8. The smallest absolute Gasteiger partial charge is 0.313 e. The minimum Gasteiger partial charge on any atom is -0.420 e. The third-order valence-corrected chi connectivity index (χ3v) is 17.2. The second-order valence-corrected chi connectivity index (χ2v) is 24.2. The van der Waals surface area contributed by atoms with Gasteiger partial charge in [0.1, 0.15) is 17.5 Å². The zero-order chi connectivity index (χ0) is 64.0. The van der Waals surface area contributed by atoms with E-state index in [4.69, 9.17) is 37.9 Å². The number of fused-ring (bicyclic) bond motifs is 2. The number of nitrogens with zero attached hydrogens (tertiary/aromatic N) is 10. The highest BCUT2D eigenvalue weighted by molar-refractivity contribution is 5.84. The number of ether oxygens (including phenoxy) is 9. The number of likely N-dealkylation sites (tertiary alicyclic amines) is 1. The minimum absolute atomic E-state index is 0.0416. The van der Waals surface area contributed by atoms with Crippen molar-refractivity contribution in [1.82, 2.24) is 54.7 Å². The first-order chi connectivity index (χ1) is 44.4. The topological polar surface area (TPSA) is 221 Å². The number of piperidine rings is 1. The molecule has 0 spiro atoms. The predicted octanol–water partition coefficient (Wildman–Crippen LogP) is 6.14. The molecule has 26 heteroatoms. The van der Waals surface area contributed by atoms with Gasteiger partial charge in [-0.2, -0.15) is 0 Å².